The summed E-state index contributed by atoms with van der Waals surface area (Å²) >= 11 is 0. The zero-order chi connectivity index (χ0) is 18.3. The Hall–Kier alpha value is -2.92. The van der Waals surface area contributed by atoms with Crippen LogP contribution in [0.1, 0.15) is 0 Å². The van der Waals surface area contributed by atoms with Crippen LogP contribution in [-0.4, -0.2) is 14.7 Å². The summed E-state index contributed by atoms with van der Waals surface area (Å²) in [4.78, 5) is 0.261. The van der Waals surface area contributed by atoms with Crippen LogP contribution < -0.4 is 0 Å². The van der Waals surface area contributed by atoms with Crippen LogP contribution in [0, 0.1) is 5.82 Å². The van der Waals surface area contributed by atoms with Gasteiger partial charge in [-0.25, -0.2) is 12.8 Å². The molecule has 130 valence electrons. The molecule has 0 amide bonds. The smallest absolute Gasteiger partial charge is 0.175 e. The number of sulfone groups is 1. The third-order valence-electron chi connectivity index (χ3n) is 4.27. The van der Waals surface area contributed by atoms with Crippen LogP contribution in [0.4, 0.5) is 4.39 Å². The van der Waals surface area contributed by atoms with E-state index >= 15 is 0 Å². The Labute approximate surface area is 150 Å². The highest BCUT2D eigenvalue weighted by molar-refractivity contribution is 7.90. The first-order valence-electron chi connectivity index (χ1n) is 8.01. The number of hydrogen-bond donors (Lipinski definition) is 0. The minimum Gasteiger partial charge on any atom is -0.455 e. The van der Waals surface area contributed by atoms with Gasteiger partial charge in [-0.1, -0.05) is 30.3 Å². The summed E-state index contributed by atoms with van der Waals surface area (Å²) in [5.74, 6) is 0.308. The molecular weight excluding hydrogens is 351 g/mol. The largest absolute Gasteiger partial charge is 0.455 e. The molecule has 0 aliphatic heterocycles. The van der Waals surface area contributed by atoms with Crippen molar-refractivity contribution in [3.63, 3.8) is 0 Å². The molecule has 0 bridgehead atoms. The Morgan fingerprint density at radius 3 is 2.08 bits per heavy atom. The van der Waals surface area contributed by atoms with Gasteiger partial charge in [0.05, 0.1) is 4.90 Å². The van der Waals surface area contributed by atoms with Gasteiger partial charge in [0.15, 0.2) is 9.84 Å². The zero-order valence-corrected chi connectivity index (χ0v) is 14.8. The predicted octanol–water partition coefficient (Wildman–Crippen LogP) is 5.31. The van der Waals surface area contributed by atoms with Crippen molar-refractivity contribution >= 4 is 20.8 Å². The van der Waals surface area contributed by atoms with Crippen LogP contribution in [0.3, 0.4) is 0 Å². The van der Waals surface area contributed by atoms with E-state index in [1.54, 1.807) is 36.4 Å². The van der Waals surface area contributed by atoms with Gasteiger partial charge >= 0.3 is 0 Å². The van der Waals surface area contributed by atoms with Crippen LogP contribution in [0.5, 0.6) is 0 Å². The first-order chi connectivity index (χ1) is 12.4. The number of rotatable bonds is 3. The van der Waals surface area contributed by atoms with Crippen LogP contribution in [0.25, 0.3) is 33.4 Å². The van der Waals surface area contributed by atoms with Gasteiger partial charge in [-0.3, -0.25) is 0 Å². The Morgan fingerprint density at radius 2 is 1.42 bits per heavy atom. The molecule has 0 spiro atoms. The SMILES string of the molecule is CS(=O)(=O)c1ccc(-c2c(-c3ccc(F)cc3)oc3ccccc23)cc1. The lowest BCUT2D eigenvalue weighted by Crippen LogP contribution is -1.96. The van der Waals surface area contributed by atoms with E-state index in [0.29, 0.717) is 11.3 Å². The molecule has 0 saturated heterocycles. The average Bonchev–Trinajstić information content (AvgIpc) is 3.01. The predicted molar refractivity (Wildman–Crippen MR) is 100 cm³/mol. The maximum absolute atomic E-state index is 13.3. The van der Waals surface area contributed by atoms with Crippen LogP contribution in [0.2, 0.25) is 0 Å². The van der Waals surface area contributed by atoms with Gasteiger partial charge < -0.3 is 4.42 Å². The van der Waals surface area contributed by atoms with E-state index in [2.05, 4.69) is 0 Å². The van der Waals surface area contributed by atoms with Gasteiger partial charge in [0.2, 0.25) is 0 Å². The first-order valence-corrected chi connectivity index (χ1v) is 9.90. The fraction of sp³-hybridized carbons (Fsp3) is 0.0476. The second-order valence-electron chi connectivity index (χ2n) is 6.11. The lowest BCUT2D eigenvalue weighted by Gasteiger charge is -2.05. The first kappa shape index (κ1) is 16.5. The molecule has 0 atom stereocenters. The molecule has 0 aliphatic carbocycles. The molecule has 26 heavy (non-hydrogen) atoms. The standard InChI is InChI=1S/C21H15FO3S/c1-26(23,24)17-12-8-14(9-13-17)20-18-4-2-3-5-19(18)25-21(20)15-6-10-16(22)11-7-15/h2-13H,1H3. The summed E-state index contributed by atoms with van der Waals surface area (Å²) in [6.07, 6.45) is 1.18. The molecule has 3 nitrogen and oxygen atoms in total. The van der Waals surface area contributed by atoms with Crippen molar-refractivity contribution in [1.82, 2.24) is 0 Å². The van der Waals surface area contributed by atoms with Crippen molar-refractivity contribution in [1.29, 1.82) is 0 Å². The van der Waals surface area contributed by atoms with Crippen molar-refractivity contribution in [2.45, 2.75) is 4.90 Å². The van der Waals surface area contributed by atoms with Crippen molar-refractivity contribution in [3.05, 3.63) is 78.6 Å². The molecular formula is C21H15FO3S. The minimum absolute atomic E-state index is 0.261. The third-order valence-corrected chi connectivity index (χ3v) is 5.40. The van der Waals surface area contributed by atoms with E-state index in [-0.39, 0.29) is 10.7 Å². The van der Waals surface area contributed by atoms with E-state index in [1.807, 2.05) is 24.3 Å². The van der Waals surface area contributed by atoms with Crippen molar-refractivity contribution in [3.8, 4) is 22.5 Å². The Kier molecular flexibility index (Phi) is 3.89. The lowest BCUT2D eigenvalue weighted by atomic mass is 9.99. The molecule has 4 rings (SSSR count). The van der Waals surface area contributed by atoms with E-state index in [9.17, 15) is 12.8 Å². The fourth-order valence-electron chi connectivity index (χ4n) is 3.01. The topological polar surface area (TPSA) is 47.3 Å². The Morgan fingerprint density at radius 1 is 0.808 bits per heavy atom. The van der Waals surface area contributed by atoms with Gasteiger partial charge in [-0.15, -0.1) is 0 Å². The molecule has 0 fully saturated rings. The minimum atomic E-state index is -3.26. The van der Waals surface area contributed by atoms with E-state index in [4.69, 9.17) is 4.42 Å². The fourth-order valence-corrected chi connectivity index (χ4v) is 3.64. The molecule has 0 aliphatic rings. The molecule has 5 heteroatoms. The number of furan rings is 1. The molecule has 4 aromatic rings. The quantitative estimate of drug-likeness (QED) is 0.494. The van der Waals surface area contributed by atoms with Crippen LogP contribution >= 0.6 is 0 Å². The number of fused-ring (bicyclic) bond motifs is 1. The monoisotopic (exact) mass is 366 g/mol. The zero-order valence-electron chi connectivity index (χ0n) is 13.9. The van der Waals surface area contributed by atoms with Crippen molar-refractivity contribution in [2.24, 2.45) is 0 Å². The summed E-state index contributed by atoms with van der Waals surface area (Å²) in [7, 11) is -3.26. The van der Waals surface area contributed by atoms with Gasteiger partial charge in [-0.05, 0) is 48.0 Å². The number of halogens is 1. The van der Waals surface area contributed by atoms with E-state index < -0.39 is 9.84 Å². The number of hydrogen-bond acceptors (Lipinski definition) is 3. The molecule has 1 heterocycles. The van der Waals surface area contributed by atoms with E-state index in [0.717, 1.165) is 22.1 Å². The second-order valence-corrected chi connectivity index (χ2v) is 8.12. The maximum Gasteiger partial charge on any atom is 0.175 e. The van der Waals surface area contributed by atoms with Crippen LogP contribution in [-0.2, 0) is 9.84 Å². The van der Waals surface area contributed by atoms with Gasteiger partial charge in [0.1, 0.15) is 17.2 Å². The van der Waals surface area contributed by atoms with Gasteiger partial charge in [0, 0.05) is 22.8 Å². The highest BCUT2D eigenvalue weighted by Gasteiger charge is 2.18. The Bertz CT molecular complexity index is 1190. The highest BCUT2D eigenvalue weighted by atomic mass is 32.2. The van der Waals surface area contributed by atoms with E-state index in [1.165, 1.54) is 18.4 Å². The second kappa shape index (κ2) is 6.11. The van der Waals surface area contributed by atoms with Crippen molar-refractivity contribution < 1.29 is 17.2 Å². The molecule has 0 radical (unpaired) electrons. The molecule has 0 unspecified atom stereocenters. The maximum atomic E-state index is 13.3. The molecule has 1 aromatic heterocycles. The molecule has 0 saturated carbocycles. The summed E-state index contributed by atoms with van der Waals surface area (Å²) < 4.78 is 42.8. The lowest BCUT2D eigenvalue weighted by molar-refractivity contribution is 0.602. The van der Waals surface area contributed by atoms with Gasteiger partial charge in [0.25, 0.3) is 0 Å². The highest BCUT2D eigenvalue weighted by Crippen LogP contribution is 2.40. The summed E-state index contributed by atoms with van der Waals surface area (Å²) in [6, 6.07) is 20.4. The normalized spacial score (nSPS) is 11.8. The number of para-hydroxylation sites is 1. The van der Waals surface area contributed by atoms with Crippen molar-refractivity contribution in [2.75, 3.05) is 6.26 Å². The number of benzene rings is 3. The Balaban J connectivity index is 1.96. The molecule has 3 aromatic carbocycles. The van der Waals surface area contributed by atoms with Gasteiger partial charge in [-0.2, -0.15) is 0 Å². The van der Waals surface area contributed by atoms with Crippen LogP contribution in [0.15, 0.2) is 82.1 Å². The summed E-state index contributed by atoms with van der Waals surface area (Å²) in [6.45, 7) is 0. The average molecular weight is 366 g/mol. The third kappa shape index (κ3) is 2.91. The summed E-state index contributed by atoms with van der Waals surface area (Å²) in [5, 5.41) is 0.916. The molecule has 0 N–H and O–H groups in total. The summed E-state index contributed by atoms with van der Waals surface area (Å²) in [5.41, 5.74) is 3.16.